The third kappa shape index (κ3) is 7.50. The molecule has 0 radical (unpaired) electrons. The molecule has 1 atom stereocenters. The van der Waals surface area contributed by atoms with E-state index in [1.807, 2.05) is 6.92 Å². The number of ether oxygens (including phenoxy) is 1. The number of aliphatic hydroxyl groups is 1. The standard InChI is InChI=1S/C25H38N2O4S/c1-19(2)15-26(16-20(3)4)17-23(28)18-27(22-9-11-24(31-6)12-10-22)32(29,30)25-13-7-21(5)8-14-25/h7-14,19-20,23,28H,15-18H2,1-6H3/p+1/t23-/m0/s1. The van der Waals surface area contributed by atoms with Crippen molar-refractivity contribution in [2.24, 2.45) is 11.8 Å². The van der Waals surface area contributed by atoms with E-state index in [1.54, 1.807) is 55.6 Å². The van der Waals surface area contributed by atoms with Gasteiger partial charge in [-0.1, -0.05) is 45.4 Å². The van der Waals surface area contributed by atoms with Gasteiger partial charge >= 0.3 is 0 Å². The Hall–Kier alpha value is -2.09. The third-order valence-corrected chi connectivity index (χ3v) is 7.07. The first kappa shape index (κ1) is 26.2. The number of methoxy groups -OCH3 is 1. The molecule has 0 aliphatic carbocycles. The van der Waals surface area contributed by atoms with Crippen molar-refractivity contribution in [1.29, 1.82) is 0 Å². The Bertz CT molecular complexity index is 915. The highest BCUT2D eigenvalue weighted by Crippen LogP contribution is 2.26. The minimum atomic E-state index is -3.84. The molecular weight excluding hydrogens is 424 g/mol. The molecule has 6 nitrogen and oxygen atoms in total. The zero-order valence-corrected chi connectivity index (χ0v) is 21.0. The molecule has 2 rings (SSSR count). The van der Waals surface area contributed by atoms with E-state index in [9.17, 15) is 13.5 Å². The van der Waals surface area contributed by atoms with Crippen LogP contribution in [-0.4, -0.2) is 52.9 Å². The van der Waals surface area contributed by atoms with Crippen molar-refractivity contribution in [3.05, 3.63) is 54.1 Å². The Kier molecular flexibility index (Phi) is 9.55. The number of hydrogen-bond acceptors (Lipinski definition) is 4. The topological polar surface area (TPSA) is 71.3 Å². The average molecular weight is 464 g/mol. The van der Waals surface area contributed by atoms with E-state index in [0.717, 1.165) is 18.7 Å². The Balaban J connectivity index is 2.34. The van der Waals surface area contributed by atoms with Gasteiger partial charge in [-0.2, -0.15) is 0 Å². The molecule has 2 aromatic carbocycles. The maximum Gasteiger partial charge on any atom is 0.264 e. The molecule has 0 unspecified atom stereocenters. The van der Waals surface area contributed by atoms with Crippen molar-refractivity contribution in [2.45, 2.75) is 45.6 Å². The predicted octanol–water partition coefficient (Wildman–Crippen LogP) is 2.76. The fourth-order valence-corrected chi connectivity index (χ4v) is 5.42. The van der Waals surface area contributed by atoms with Gasteiger partial charge in [-0.25, -0.2) is 8.42 Å². The second kappa shape index (κ2) is 11.7. The van der Waals surface area contributed by atoms with E-state index >= 15 is 0 Å². The maximum absolute atomic E-state index is 13.6. The van der Waals surface area contributed by atoms with E-state index in [1.165, 1.54) is 9.21 Å². The van der Waals surface area contributed by atoms with Crippen molar-refractivity contribution in [3.8, 4) is 5.75 Å². The monoisotopic (exact) mass is 463 g/mol. The van der Waals surface area contributed by atoms with Crippen LogP contribution in [0.1, 0.15) is 33.3 Å². The Morgan fingerprint density at radius 3 is 1.91 bits per heavy atom. The van der Waals surface area contributed by atoms with Crippen LogP contribution in [0.15, 0.2) is 53.4 Å². The highest BCUT2D eigenvalue weighted by molar-refractivity contribution is 7.92. The van der Waals surface area contributed by atoms with Gasteiger partial charge in [-0.05, 0) is 43.3 Å². The highest BCUT2D eigenvalue weighted by atomic mass is 32.2. The Morgan fingerprint density at radius 1 is 0.906 bits per heavy atom. The number of benzene rings is 2. The number of quaternary nitrogens is 1. The lowest BCUT2D eigenvalue weighted by atomic mass is 10.1. The summed E-state index contributed by atoms with van der Waals surface area (Å²) >= 11 is 0. The minimum absolute atomic E-state index is 0.0117. The summed E-state index contributed by atoms with van der Waals surface area (Å²) in [4.78, 5) is 1.49. The number of sulfonamides is 1. The van der Waals surface area contributed by atoms with Crippen molar-refractivity contribution in [2.75, 3.05) is 37.6 Å². The first-order chi connectivity index (χ1) is 15.0. The zero-order chi connectivity index (χ0) is 23.9. The van der Waals surface area contributed by atoms with Crippen molar-refractivity contribution >= 4 is 15.7 Å². The summed E-state index contributed by atoms with van der Waals surface area (Å²) in [6, 6.07) is 13.7. The maximum atomic E-state index is 13.6. The number of rotatable bonds is 12. The molecule has 0 heterocycles. The van der Waals surface area contributed by atoms with Gasteiger partial charge in [-0.15, -0.1) is 0 Å². The first-order valence-corrected chi connectivity index (χ1v) is 12.7. The second-order valence-electron chi connectivity index (χ2n) is 9.35. The molecule has 0 fully saturated rings. The number of nitrogens with one attached hydrogen (secondary N) is 1. The molecule has 0 saturated heterocycles. The summed E-state index contributed by atoms with van der Waals surface area (Å²) in [5.41, 5.74) is 1.49. The number of aliphatic hydroxyl groups excluding tert-OH is 1. The van der Waals surface area contributed by atoms with Crippen LogP contribution in [0.25, 0.3) is 0 Å². The van der Waals surface area contributed by atoms with Crippen molar-refractivity contribution in [1.82, 2.24) is 0 Å². The quantitative estimate of drug-likeness (QED) is 0.508. The smallest absolute Gasteiger partial charge is 0.264 e. The molecule has 32 heavy (non-hydrogen) atoms. The molecule has 0 aliphatic rings. The lowest BCUT2D eigenvalue weighted by Crippen LogP contribution is -3.14. The molecule has 0 aromatic heterocycles. The summed E-state index contributed by atoms with van der Waals surface area (Å²) < 4.78 is 33.6. The van der Waals surface area contributed by atoms with Crippen LogP contribution < -0.4 is 13.9 Å². The largest absolute Gasteiger partial charge is 0.497 e. The summed E-state index contributed by atoms with van der Waals surface area (Å²) in [6.45, 7) is 12.9. The van der Waals surface area contributed by atoms with E-state index < -0.39 is 16.1 Å². The number of nitrogens with zero attached hydrogens (tertiary/aromatic N) is 1. The number of hydrogen-bond donors (Lipinski definition) is 2. The van der Waals surface area contributed by atoms with Crippen molar-refractivity contribution in [3.63, 3.8) is 0 Å². The minimum Gasteiger partial charge on any atom is -0.497 e. The van der Waals surface area contributed by atoms with Crippen LogP contribution in [0.4, 0.5) is 5.69 Å². The van der Waals surface area contributed by atoms with Crippen LogP contribution in [0.2, 0.25) is 0 Å². The number of anilines is 1. The molecule has 0 spiro atoms. The predicted molar refractivity (Wildman–Crippen MR) is 130 cm³/mol. The van der Waals surface area contributed by atoms with Gasteiger partial charge in [0.1, 0.15) is 18.4 Å². The van der Waals surface area contributed by atoms with Gasteiger partial charge in [0, 0.05) is 11.8 Å². The highest BCUT2D eigenvalue weighted by Gasteiger charge is 2.29. The summed E-state index contributed by atoms with van der Waals surface area (Å²) in [7, 11) is -2.27. The second-order valence-corrected chi connectivity index (χ2v) is 11.2. The summed E-state index contributed by atoms with van der Waals surface area (Å²) in [6.07, 6.45) is -0.801. The van der Waals surface area contributed by atoms with Crippen LogP contribution in [0.3, 0.4) is 0 Å². The molecule has 2 aromatic rings. The molecule has 0 bridgehead atoms. The van der Waals surface area contributed by atoms with Gasteiger partial charge < -0.3 is 14.7 Å². The van der Waals surface area contributed by atoms with Crippen molar-refractivity contribution < 1.29 is 23.2 Å². The van der Waals surface area contributed by atoms with Gasteiger partial charge in [0.05, 0.1) is 37.3 Å². The van der Waals surface area contributed by atoms with E-state index in [-0.39, 0.29) is 11.4 Å². The molecule has 0 saturated carbocycles. The van der Waals surface area contributed by atoms with Crippen LogP contribution in [0.5, 0.6) is 5.75 Å². The molecule has 178 valence electrons. The lowest BCUT2D eigenvalue weighted by Gasteiger charge is -2.30. The number of aryl methyl sites for hydroxylation is 1. The summed E-state index contributed by atoms with van der Waals surface area (Å²) in [5, 5.41) is 11.0. The first-order valence-electron chi connectivity index (χ1n) is 11.3. The molecule has 7 heteroatoms. The van der Waals surface area contributed by atoms with E-state index in [0.29, 0.717) is 29.8 Å². The van der Waals surface area contributed by atoms with Gasteiger partial charge in [0.25, 0.3) is 10.0 Å². The SMILES string of the molecule is COc1ccc(N(C[C@@H](O)C[NH+](CC(C)C)CC(C)C)S(=O)(=O)c2ccc(C)cc2)cc1. The van der Waals surface area contributed by atoms with E-state index in [2.05, 4.69) is 27.7 Å². The normalized spacial score (nSPS) is 13.1. The van der Waals surface area contributed by atoms with Crippen LogP contribution >= 0.6 is 0 Å². The van der Waals surface area contributed by atoms with Crippen LogP contribution in [-0.2, 0) is 10.0 Å². The molecular formula is C25H39N2O4S+. The summed E-state index contributed by atoms with van der Waals surface area (Å²) in [5.74, 6) is 1.63. The van der Waals surface area contributed by atoms with Gasteiger partial charge in [0.15, 0.2) is 0 Å². The van der Waals surface area contributed by atoms with Gasteiger partial charge in [-0.3, -0.25) is 4.31 Å². The molecule has 0 aliphatic heterocycles. The molecule has 0 amide bonds. The fourth-order valence-electron chi connectivity index (χ4n) is 3.92. The van der Waals surface area contributed by atoms with E-state index in [4.69, 9.17) is 4.74 Å². The Morgan fingerprint density at radius 2 is 1.44 bits per heavy atom. The molecule has 2 N–H and O–H groups in total. The van der Waals surface area contributed by atoms with Crippen LogP contribution in [0, 0.1) is 18.8 Å². The third-order valence-electron chi connectivity index (χ3n) is 5.26. The fraction of sp³-hybridized carbons (Fsp3) is 0.520. The lowest BCUT2D eigenvalue weighted by molar-refractivity contribution is -0.909. The Labute approximate surface area is 193 Å². The average Bonchev–Trinajstić information content (AvgIpc) is 2.71. The zero-order valence-electron chi connectivity index (χ0n) is 20.2. The van der Waals surface area contributed by atoms with Gasteiger partial charge in [0.2, 0.25) is 0 Å².